The number of nitrogens with one attached hydrogen (secondary N) is 2. The Hall–Kier alpha value is -2.72. The van der Waals surface area contributed by atoms with Crippen LogP contribution in [0.25, 0.3) is 0 Å². The van der Waals surface area contributed by atoms with Gasteiger partial charge in [-0.05, 0) is 31.7 Å². The van der Waals surface area contributed by atoms with Gasteiger partial charge in [0.2, 0.25) is 5.91 Å². The van der Waals surface area contributed by atoms with Gasteiger partial charge in [0.05, 0.1) is 34.0 Å². The molecule has 0 spiro atoms. The molecule has 0 unspecified atom stereocenters. The van der Waals surface area contributed by atoms with Crippen molar-refractivity contribution in [2.45, 2.75) is 33.1 Å². The molecule has 0 aliphatic heterocycles. The van der Waals surface area contributed by atoms with Crippen molar-refractivity contribution in [1.82, 2.24) is 15.2 Å². The molecular weight excluding hydrogens is 418 g/mol. The van der Waals surface area contributed by atoms with Gasteiger partial charge in [0.25, 0.3) is 5.91 Å². The summed E-state index contributed by atoms with van der Waals surface area (Å²) >= 11 is 7.25. The van der Waals surface area contributed by atoms with E-state index in [9.17, 15) is 14.4 Å². The first-order chi connectivity index (χ1) is 13.8. The third-order valence-corrected chi connectivity index (χ3v) is 5.75. The van der Waals surface area contributed by atoms with E-state index in [0.717, 1.165) is 16.9 Å². The van der Waals surface area contributed by atoms with Crippen LogP contribution in [0.2, 0.25) is 5.02 Å². The van der Waals surface area contributed by atoms with E-state index in [0.29, 0.717) is 29.1 Å². The van der Waals surface area contributed by atoms with Gasteiger partial charge in [-0.1, -0.05) is 11.6 Å². The van der Waals surface area contributed by atoms with Gasteiger partial charge in [0, 0.05) is 14.0 Å². The number of fused-ring (bicyclic) bond motifs is 1. The zero-order valence-corrected chi connectivity index (χ0v) is 17.7. The molecule has 2 aromatic heterocycles. The summed E-state index contributed by atoms with van der Waals surface area (Å²) in [6.07, 6.45) is 3.40. The molecule has 0 saturated heterocycles. The maximum absolute atomic E-state index is 12.5. The predicted octanol–water partition coefficient (Wildman–Crippen LogP) is 2.74. The summed E-state index contributed by atoms with van der Waals surface area (Å²) in [5.41, 5.74) is 4.47. The summed E-state index contributed by atoms with van der Waals surface area (Å²) in [7, 11) is 1.61. The molecule has 11 heteroatoms. The second-order valence-corrected chi connectivity index (χ2v) is 7.76. The van der Waals surface area contributed by atoms with E-state index >= 15 is 0 Å². The minimum atomic E-state index is -0.487. The molecule has 0 radical (unpaired) electrons. The number of hydrazone groups is 1. The van der Waals surface area contributed by atoms with Crippen LogP contribution in [-0.4, -0.2) is 39.9 Å². The van der Waals surface area contributed by atoms with Crippen molar-refractivity contribution in [3.63, 3.8) is 0 Å². The minimum absolute atomic E-state index is 0.198. The maximum atomic E-state index is 12.5. The largest absolute Gasteiger partial charge is 0.462 e. The molecule has 154 valence electrons. The first-order valence-corrected chi connectivity index (χ1v) is 10.2. The number of thiophene rings is 1. The highest BCUT2D eigenvalue weighted by atomic mass is 35.5. The Balaban J connectivity index is 1.95. The fraction of sp³-hybridized carbons (Fsp3) is 0.389. The van der Waals surface area contributed by atoms with Crippen molar-refractivity contribution in [3.05, 3.63) is 32.9 Å². The Labute approximate surface area is 176 Å². The van der Waals surface area contributed by atoms with Gasteiger partial charge in [-0.15, -0.1) is 11.3 Å². The molecule has 0 saturated carbocycles. The Morgan fingerprint density at radius 3 is 2.76 bits per heavy atom. The molecule has 2 aromatic rings. The highest BCUT2D eigenvalue weighted by molar-refractivity contribution is 7.19. The number of hydrogen-bond acceptors (Lipinski definition) is 7. The summed E-state index contributed by atoms with van der Waals surface area (Å²) < 4.78 is 6.53. The molecule has 0 fully saturated rings. The van der Waals surface area contributed by atoms with Crippen molar-refractivity contribution in [2.24, 2.45) is 12.1 Å². The molecule has 9 nitrogen and oxygen atoms in total. The number of rotatable bonds is 5. The molecule has 0 aromatic carbocycles. The first kappa shape index (κ1) is 21.0. The second-order valence-electron chi connectivity index (χ2n) is 6.33. The standard InChI is InChI=1S/C18H20ClN5O4S/c1-4-28-18(27)13-10-6-5-7-12(15(10)29-17(13)21-9(2)25)22-23-16(26)14-11(19)8-20-24(14)3/h8H,4-7H2,1-3H3,(H,21,25)(H,23,26)/b22-12+. The Kier molecular flexibility index (Phi) is 6.33. The number of aromatic nitrogens is 2. The zero-order chi connectivity index (χ0) is 21.1. The lowest BCUT2D eigenvalue weighted by Gasteiger charge is -2.15. The fourth-order valence-electron chi connectivity index (χ4n) is 3.09. The van der Waals surface area contributed by atoms with E-state index in [2.05, 4.69) is 20.9 Å². The average molecular weight is 438 g/mol. The quantitative estimate of drug-likeness (QED) is 0.551. The van der Waals surface area contributed by atoms with Crippen LogP contribution in [0.15, 0.2) is 11.3 Å². The highest BCUT2D eigenvalue weighted by Gasteiger charge is 2.30. The van der Waals surface area contributed by atoms with Crippen LogP contribution in [-0.2, 0) is 23.0 Å². The number of hydrogen-bond donors (Lipinski definition) is 2. The minimum Gasteiger partial charge on any atom is -0.462 e. The first-order valence-electron chi connectivity index (χ1n) is 8.98. The summed E-state index contributed by atoms with van der Waals surface area (Å²) in [4.78, 5) is 37.2. The number of amides is 2. The Bertz CT molecular complexity index is 991. The maximum Gasteiger partial charge on any atom is 0.341 e. The van der Waals surface area contributed by atoms with Gasteiger partial charge in [0.15, 0.2) is 0 Å². The van der Waals surface area contributed by atoms with Crippen LogP contribution >= 0.6 is 22.9 Å². The third-order valence-electron chi connectivity index (χ3n) is 4.28. The monoisotopic (exact) mass is 437 g/mol. The van der Waals surface area contributed by atoms with E-state index in [1.165, 1.54) is 29.1 Å². The van der Waals surface area contributed by atoms with Gasteiger partial charge >= 0.3 is 5.97 Å². The van der Waals surface area contributed by atoms with Crippen LogP contribution < -0.4 is 10.7 Å². The number of carbonyl (C=O) groups excluding carboxylic acids is 3. The predicted molar refractivity (Wildman–Crippen MR) is 110 cm³/mol. The smallest absolute Gasteiger partial charge is 0.341 e. The van der Waals surface area contributed by atoms with E-state index in [1.54, 1.807) is 14.0 Å². The number of halogens is 1. The van der Waals surface area contributed by atoms with Crippen molar-refractivity contribution >= 4 is 51.4 Å². The number of esters is 1. The van der Waals surface area contributed by atoms with Gasteiger partial charge in [-0.25, -0.2) is 10.2 Å². The average Bonchev–Trinajstić information content (AvgIpc) is 3.19. The summed E-state index contributed by atoms with van der Waals surface area (Å²) in [6, 6.07) is 0. The lowest BCUT2D eigenvalue weighted by molar-refractivity contribution is -0.114. The molecule has 3 rings (SSSR count). The lowest BCUT2D eigenvalue weighted by Crippen LogP contribution is -2.24. The Morgan fingerprint density at radius 1 is 1.38 bits per heavy atom. The number of ether oxygens (including phenoxy) is 1. The fourth-order valence-corrected chi connectivity index (χ4v) is 4.65. The molecule has 2 heterocycles. The van der Waals surface area contributed by atoms with Crippen molar-refractivity contribution < 1.29 is 19.1 Å². The number of carbonyl (C=O) groups is 3. The van der Waals surface area contributed by atoms with Crippen LogP contribution in [0.5, 0.6) is 0 Å². The molecule has 1 aliphatic carbocycles. The van der Waals surface area contributed by atoms with Crippen molar-refractivity contribution in [3.8, 4) is 0 Å². The van der Waals surface area contributed by atoms with Gasteiger partial charge < -0.3 is 10.1 Å². The zero-order valence-electron chi connectivity index (χ0n) is 16.2. The van der Waals surface area contributed by atoms with Crippen LogP contribution in [0.1, 0.15) is 58.0 Å². The number of anilines is 1. The Morgan fingerprint density at radius 2 is 2.14 bits per heavy atom. The lowest BCUT2D eigenvalue weighted by atomic mass is 9.94. The molecule has 29 heavy (non-hydrogen) atoms. The summed E-state index contributed by atoms with van der Waals surface area (Å²) in [5, 5.41) is 11.6. The van der Waals surface area contributed by atoms with E-state index in [-0.39, 0.29) is 23.2 Å². The second kappa shape index (κ2) is 8.75. The third kappa shape index (κ3) is 4.33. The molecule has 2 amide bonds. The topological polar surface area (TPSA) is 115 Å². The van der Waals surface area contributed by atoms with Crippen molar-refractivity contribution in [2.75, 3.05) is 11.9 Å². The molecule has 0 bridgehead atoms. The van der Waals surface area contributed by atoms with Gasteiger partial charge in [-0.2, -0.15) is 10.2 Å². The molecule has 0 atom stereocenters. The van der Waals surface area contributed by atoms with Gasteiger partial charge in [0.1, 0.15) is 10.7 Å². The van der Waals surface area contributed by atoms with E-state index < -0.39 is 11.9 Å². The number of aryl methyl sites for hydroxylation is 1. The normalized spacial score (nSPS) is 14.4. The van der Waals surface area contributed by atoms with E-state index in [1.807, 2.05) is 0 Å². The number of nitrogens with zero attached hydrogens (tertiary/aromatic N) is 3. The highest BCUT2D eigenvalue weighted by Crippen LogP contribution is 2.38. The SMILES string of the molecule is CCOC(=O)c1c(NC(C)=O)sc2c1CCC/C2=N\NC(=O)c1c(Cl)cnn1C. The van der Waals surface area contributed by atoms with Crippen molar-refractivity contribution in [1.29, 1.82) is 0 Å². The molecule has 2 N–H and O–H groups in total. The molecular formula is C18H20ClN5O4S. The summed E-state index contributed by atoms with van der Waals surface area (Å²) in [6.45, 7) is 3.33. The van der Waals surface area contributed by atoms with Crippen LogP contribution in [0.3, 0.4) is 0 Å². The molecule has 1 aliphatic rings. The van der Waals surface area contributed by atoms with Crippen LogP contribution in [0.4, 0.5) is 5.00 Å². The van der Waals surface area contributed by atoms with Crippen LogP contribution in [0, 0.1) is 0 Å². The van der Waals surface area contributed by atoms with E-state index in [4.69, 9.17) is 16.3 Å². The van der Waals surface area contributed by atoms with Gasteiger partial charge in [-0.3, -0.25) is 14.3 Å². The summed E-state index contributed by atoms with van der Waals surface area (Å²) in [5.74, 6) is -1.26.